The molecule has 1 aliphatic carbocycles. The molecule has 0 aromatic rings. The summed E-state index contributed by atoms with van der Waals surface area (Å²) in [6.45, 7) is 8.69. The predicted octanol–water partition coefficient (Wildman–Crippen LogP) is 3.95. The molecule has 2 aliphatic rings. The van der Waals surface area contributed by atoms with Gasteiger partial charge in [-0.05, 0) is 71.9 Å². The molecule has 2 rings (SSSR count). The van der Waals surface area contributed by atoms with E-state index in [1.807, 2.05) is 20.8 Å². The number of carbonyl (C=O) groups is 1. The first-order chi connectivity index (χ1) is 11.5. The van der Waals surface area contributed by atoms with Crippen LogP contribution in [0.2, 0.25) is 0 Å². The fraction of sp³-hybridized carbons (Fsp3) is 0.850. The van der Waals surface area contributed by atoms with E-state index in [-0.39, 0.29) is 6.09 Å². The number of hydrogen-bond donors (Lipinski definition) is 1. The number of unbranched alkanes of at least 4 members (excludes halogenated alkanes) is 1. The van der Waals surface area contributed by atoms with Gasteiger partial charge in [-0.3, -0.25) is 4.90 Å². The van der Waals surface area contributed by atoms with Gasteiger partial charge in [-0.1, -0.05) is 18.8 Å². The third-order valence-electron chi connectivity index (χ3n) is 4.78. The highest BCUT2D eigenvalue weighted by Crippen LogP contribution is 2.31. The van der Waals surface area contributed by atoms with Gasteiger partial charge in [-0.25, -0.2) is 4.79 Å². The Bertz CT molecular complexity index is 430. The summed E-state index contributed by atoms with van der Waals surface area (Å²) < 4.78 is 5.22. The zero-order valence-electron chi connectivity index (χ0n) is 15.7. The maximum Gasteiger partial charge on any atom is 0.407 e. The first-order valence-corrected chi connectivity index (χ1v) is 9.65. The lowest BCUT2D eigenvalue weighted by Crippen LogP contribution is -2.36. The summed E-state index contributed by atoms with van der Waals surface area (Å²) in [5.74, 6) is 7.71. The lowest BCUT2D eigenvalue weighted by molar-refractivity contribution is 0.0527. The van der Waals surface area contributed by atoms with Gasteiger partial charge in [-0.15, -0.1) is 5.92 Å². The molecule has 0 aromatic heterocycles. The van der Waals surface area contributed by atoms with E-state index >= 15 is 0 Å². The molecular weight excluding hydrogens is 300 g/mol. The van der Waals surface area contributed by atoms with E-state index < -0.39 is 5.60 Å². The molecule has 0 bridgehead atoms. The van der Waals surface area contributed by atoms with Gasteiger partial charge in [0, 0.05) is 13.0 Å². The lowest BCUT2D eigenvalue weighted by Gasteiger charge is -2.28. The van der Waals surface area contributed by atoms with Gasteiger partial charge in [0.2, 0.25) is 0 Å². The van der Waals surface area contributed by atoms with Gasteiger partial charge in [0.05, 0.1) is 6.04 Å². The number of alkyl carbamates (subject to hydrolysis) is 1. The number of amides is 1. The predicted molar refractivity (Wildman–Crippen MR) is 97.8 cm³/mol. The lowest BCUT2D eigenvalue weighted by atomic mass is 9.97. The van der Waals surface area contributed by atoms with Crippen molar-refractivity contribution in [2.24, 2.45) is 5.92 Å². The van der Waals surface area contributed by atoms with Gasteiger partial charge in [-0.2, -0.15) is 0 Å². The monoisotopic (exact) mass is 334 g/mol. The number of nitrogens with zero attached hydrogens (tertiary/aromatic N) is 1. The number of hydrogen-bond acceptors (Lipinski definition) is 3. The number of ether oxygens (including phenoxy) is 1. The van der Waals surface area contributed by atoms with Crippen LogP contribution in [0.25, 0.3) is 0 Å². The SMILES string of the molecule is CC(C)(C)OC(=O)NCCCC#CC(C1CCCC1)N1CCCC1. The minimum Gasteiger partial charge on any atom is -0.444 e. The molecule has 1 atom stereocenters. The Morgan fingerprint density at radius 2 is 1.88 bits per heavy atom. The molecule has 0 radical (unpaired) electrons. The maximum absolute atomic E-state index is 11.6. The van der Waals surface area contributed by atoms with Crippen molar-refractivity contribution in [2.75, 3.05) is 19.6 Å². The molecule has 1 amide bonds. The Morgan fingerprint density at radius 3 is 2.50 bits per heavy atom. The molecule has 1 heterocycles. The highest BCUT2D eigenvalue weighted by Gasteiger charge is 2.29. The third-order valence-corrected chi connectivity index (χ3v) is 4.78. The van der Waals surface area contributed by atoms with Crippen molar-refractivity contribution in [1.82, 2.24) is 10.2 Å². The molecule has 24 heavy (non-hydrogen) atoms. The highest BCUT2D eigenvalue weighted by atomic mass is 16.6. The number of nitrogens with one attached hydrogen (secondary N) is 1. The van der Waals surface area contributed by atoms with Crippen LogP contribution in [0.5, 0.6) is 0 Å². The van der Waals surface area contributed by atoms with E-state index in [2.05, 4.69) is 22.1 Å². The maximum atomic E-state index is 11.6. The van der Waals surface area contributed by atoms with Crippen LogP contribution in [0.15, 0.2) is 0 Å². The molecule has 0 aromatic carbocycles. The Labute approximate surface area is 147 Å². The van der Waals surface area contributed by atoms with E-state index in [9.17, 15) is 4.79 Å². The zero-order valence-corrected chi connectivity index (χ0v) is 15.7. The summed E-state index contributed by atoms with van der Waals surface area (Å²) >= 11 is 0. The fourth-order valence-corrected chi connectivity index (χ4v) is 3.66. The second-order valence-electron chi connectivity index (χ2n) is 8.09. The highest BCUT2D eigenvalue weighted by molar-refractivity contribution is 5.67. The van der Waals surface area contributed by atoms with E-state index in [4.69, 9.17) is 4.74 Å². The second-order valence-corrected chi connectivity index (χ2v) is 8.09. The number of likely N-dealkylation sites (tertiary alicyclic amines) is 1. The Kier molecular flexibility index (Phi) is 7.42. The van der Waals surface area contributed by atoms with Crippen molar-refractivity contribution < 1.29 is 9.53 Å². The van der Waals surface area contributed by atoms with Gasteiger partial charge < -0.3 is 10.1 Å². The molecule has 4 heteroatoms. The van der Waals surface area contributed by atoms with Crippen molar-refractivity contribution in [3.8, 4) is 11.8 Å². The second kappa shape index (κ2) is 9.32. The normalized spacial score (nSPS) is 20.5. The molecule has 1 saturated heterocycles. The van der Waals surface area contributed by atoms with Crippen LogP contribution in [-0.2, 0) is 4.74 Å². The Morgan fingerprint density at radius 1 is 1.21 bits per heavy atom. The summed E-state index contributed by atoms with van der Waals surface area (Å²) in [4.78, 5) is 14.2. The van der Waals surface area contributed by atoms with E-state index in [0.717, 1.165) is 18.8 Å². The molecule has 4 nitrogen and oxygen atoms in total. The molecule has 1 N–H and O–H groups in total. The molecular formula is C20H34N2O2. The van der Waals surface area contributed by atoms with Gasteiger partial charge >= 0.3 is 6.09 Å². The first-order valence-electron chi connectivity index (χ1n) is 9.65. The van der Waals surface area contributed by atoms with Crippen molar-refractivity contribution in [2.45, 2.75) is 83.8 Å². The van der Waals surface area contributed by atoms with Gasteiger partial charge in [0.25, 0.3) is 0 Å². The topological polar surface area (TPSA) is 41.6 Å². The molecule has 1 unspecified atom stereocenters. The molecule has 1 aliphatic heterocycles. The molecule has 1 saturated carbocycles. The largest absolute Gasteiger partial charge is 0.444 e. The van der Waals surface area contributed by atoms with Crippen LogP contribution in [0.1, 0.15) is 72.1 Å². The standard InChI is InChI=1S/C20H34N2O2/c1-20(2,3)24-19(23)21-14-8-4-5-13-18(17-11-6-7-12-17)22-15-9-10-16-22/h17-18H,4,6-12,14-16H2,1-3H3,(H,21,23). The summed E-state index contributed by atoms with van der Waals surface area (Å²) in [5.41, 5.74) is -0.436. The van der Waals surface area contributed by atoms with Crippen LogP contribution in [-0.4, -0.2) is 42.3 Å². The van der Waals surface area contributed by atoms with Gasteiger partial charge in [0.1, 0.15) is 5.60 Å². The van der Waals surface area contributed by atoms with Gasteiger partial charge in [0.15, 0.2) is 0 Å². The third kappa shape index (κ3) is 6.73. The Balaban J connectivity index is 1.70. The Hall–Kier alpha value is -1.21. The van der Waals surface area contributed by atoms with Crippen molar-refractivity contribution in [3.05, 3.63) is 0 Å². The van der Waals surface area contributed by atoms with Crippen LogP contribution >= 0.6 is 0 Å². The smallest absolute Gasteiger partial charge is 0.407 e. The molecule has 2 fully saturated rings. The molecule has 136 valence electrons. The van der Waals surface area contributed by atoms with Crippen molar-refractivity contribution in [3.63, 3.8) is 0 Å². The van der Waals surface area contributed by atoms with Crippen LogP contribution in [0, 0.1) is 17.8 Å². The average Bonchev–Trinajstić information content (AvgIpc) is 3.18. The summed E-state index contributed by atoms with van der Waals surface area (Å²) in [6, 6.07) is 0.466. The van der Waals surface area contributed by atoms with Crippen molar-refractivity contribution >= 4 is 6.09 Å². The first kappa shape index (κ1) is 19.1. The number of rotatable bonds is 5. The van der Waals surface area contributed by atoms with Crippen LogP contribution in [0.4, 0.5) is 4.79 Å². The zero-order chi connectivity index (χ0) is 17.4. The van der Waals surface area contributed by atoms with E-state index in [1.54, 1.807) is 0 Å². The van der Waals surface area contributed by atoms with E-state index in [1.165, 1.54) is 51.6 Å². The fourth-order valence-electron chi connectivity index (χ4n) is 3.66. The van der Waals surface area contributed by atoms with Crippen molar-refractivity contribution in [1.29, 1.82) is 0 Å². The minimum atomic E-state index is -0.436. The summed E-state index contributed by atoms with van der Waals surface area (Å²) in [7, 11) is 0. The van der Waals surface area contributed by atoms with E-state index in [0.29, 0.717) is 12.6 Å². The summed E-state index contributed by atoms with van der Waals surface area (Å²) in [6.07, 6.45) is 9.46. The van der Waals surface area contributed by atoms with Crippen LogP contribution < -0.4 is 5.32 Å². The minimum absolute atomic E-state index is 0.337. The van der Waals surface area contributed by atoms with Crippen LogP contribution in [0.3, 0.4) is 0 Å². The average molecular weight is 335 g/mol. The quantitative estimate of drug-likeness (QED) is 0.611. The molecule has 0 spiro atoms. The summed E-state index contributed by atoms with van der Waals surface area (Å²) in [5, 5.41) is 2.80. The number of carbonyl (C=O) groups excluding carboxylic acids is 1.